The van der Waals surface area contributed by atoms with E-state index in [0.717, 1.165) is 33.9 Å². The summed E-state index contributed by atoms with van der Waals surface area (Å²) in [6.45, 7) is 4.04. The molecule has 1 aliphatic carbocycles. The van der Waals surface area contributed by atoms with Crippen molar-refractivity contribution in [1.82, 2.24) is 0 Å². The van der Waals surface area contributed by atoms with Crippen molar-refractivity contribution in [2.75, 3.05) is 0 Å². The molecule has 0 spiro atoms. The molecule has 0 N–H and O–H groups in total. The van der Waals surface area contributed by atoms with E-state index in [1.54, 1.807) is 0 Å². The number of hydrogen-bond acceptors (Lipinski definition) is 1. The molecular formula is C15H12O. The van der Waals surface area contributed by atoms with Gasteiger partial charge in [-0.25, -0.2) is 0 Å². The van der Waals surface area contributed by atoms with Crippen molar-refractivity contribution in [3.05, 3.63) is 54.1 Å². The molecule has 1 aliphatic rings. The average Bonchev–Trinajstić information content (AvgIpc) is 2.33. The summed E-state index contributed by atoms with van der Waals surface area (Å²) in [5.74, 6) is 0.249. The molecule has 0 radical (unpaired) electrons. The van der Waals surface area contributed by atoms with Crippen molar-refractivity contribution in [2.24, 2.45) is 0 Å². The van der Waals surface area contributed by atoms with Crippen LogP contribution >= 0.6 is 0 Å². The van der Waals surface area contributed by atoms with Crippen molar-refractivity contribution in [3.8, 4) is 0 Å². The quantitative estimate of drug-likeness (QED) is 0.643. The zero-order valence-electron chi connectivity index (χ0n) is 8.99. The SMILES string of the molecule is C=C1CCC(=O)c2c1ccc1ccccc21. The Morgan fingerprint density at radius 3 is 2.69 bits per heavy atom. The van der Waals surface area contributed by atoms with Crippen LogP contribution in [-0.2, 0) is 0 Å². The van der Waals surface area contributed by atoms with Gasteiger partial charge in [0.1, 0.15) is 0 Å². The van der Waals surface area contributed by atoms with Crippen LogP contribution in [0.2, 0.25) is 0 Å². The minimum absolute atomic E-state index is 0.249. The van der Waals surface area contributed by atoms with Crippen LogP contribution in [0.4, 0.5) is 0 Å². The van der Waals surface area contributed by atoms with Crippen LogP contribution in [0.1, 0.15) is 28.8 Å². The number of allylic oxidation sites excluding steroid dienone is 1. The molecule has 0 saturated heterocycles. The van der Waals surface area contributed by atoms with Crippen LogP contribution in [0.15, 0.2) is 43.0 Å². The monoisotopic (exact) mass is 208 g/mol. The summed E-state index contributed by atoms with van der Waals surface area (Å²) in [7, 11) is 0. The molecule has 0 aromatic heterocycles. The number of benzene rings is 2. The third kappa shape index (κ3) is 1.21. The Hall–Kier alpha value is -1.89. The molecule has 0 fully saturated rings. The summed E-state index contributed by atoms with van der Waals surface area (Å²) >= 11 is 0. The molecule has 2 aromatic rings. The maximum Gasteiger partial charge on any atom is 0.164 e. The minimum Gasteiger partial charge on any atom is -0.294 e. The van der Waals surface area contributed by atoms with E-state index in [2.05, 4.69) is 12.6 Å². The third-order valence-electron chi connectivity index (χ3n) is 3.24. The lowest BCUT2D eigenvalue weighted by Gasteiger charge is -2.18. The van der Waals surface area contributed by atoms with Gasteiger partial charge in [-0.3, -0.25) is 4.79 Å². The van der Waals surface area contributed by atoms with E-state index >= 15 is 0 Å². The van der Waals surface area contributed by atoms with Crippen molar-refractivity contribution in [3.63, 3.8) is 0 Å². The van der Waals surface area contributed by atoms with Crippen LogP contribution < -0.4 is 0 Å². The molecule has 0 atom stereocenters. The van der Waals surface area contributed by atoms with Crippen LogP contribution in [0.25, 0.3) is 16.3 Å². The zero-order chi connectivity index (χ0) is 11.1. The van der Waals surface area contributed by atoms with Gasteiger partial charge < -0.3 is 0 Å². The van der Waals surface area contributed by atoms with E-state index in [1.807, 2.05) is 30.3 Å². The molecule has 0 bridgehead atoms. The Balaban J connectivity index is 2.44. The van der Waals surface area contributed by atoms with E-state index in [4.69, 9.17) is 0 Å². The summed E-state index contributed by atoms with van der Waals surface area (Å²) < 4.78 is 0. The Morgan fingerprint density at radius 2 is 1.81 bits per heavy atom. The summed E-state index contributed by atoms with van der Waals surface area (Å²) in [5.41, 5.74) is 2.99. The van der Waals surface area contributed by atoms with E-state index in [9.17, 15) is 4.79 Å². The van der Waals surface area contributed by atoms with Gasteiger partial charge in [-0.1, -0.05) is 43.0 Å². The number of fused-ring (bicyclic) bond motifs is 3. The van der Waals surface area contributed by atoms with E-state index in [-0.39, 0.29) is 5.78 Å². The highest BCUT2D eigenvalue weighted by Crippen LogP contribution is 2.34. The number of carbonyl (C=O) groups excluding carboxylic acids is 1. The zero-order valence-corrected chi connectivity index (χ0v) is 8.99. The molecular weight excluding hydrogens is 196 g/mol. The minimum atomic E-state index is 0.249. The topological polar surface area (TPSA) is 17.1 Å². The maximum absolute atomic E-state index is 12.0. The van der Waals surface area contributed by atoms with Crippen LogP contribution in [0.3, 0.4) is 0 Å². The van der Waals surface area contributed by atoms with E-state index < -0.39 is 0 Å². The summed E-state index contributed by atoms with van der Waals surface area (Å²) in [4.78, 5) is 12.0. The molecule has 0 amide bonds. The van der Waals surface area contributed by atoms with E-state index in [0.29, 0.717) is 6.42 Å². The first-order chi connectivity index (χ1) is 7.77. The lowest BCUT2D eigenvalue weighted by molar-refractivity contribution is 0.0982. The Kier molecular flexibility index (Phi) is 1.93. The highest BCUT2D eigenvalue weighted by molar-refractivity contribution is 6.13. The molecule has 1 nitrogen and oxygen atoms in total. The Bertz CT molecular complexity index is 608. The average molecular weight is 208 g/mol. The molecule has 0 unspecified atom stereocenters. The molecule has 3 rings (SSSR count). The second kappa shape index (κ2) is 3.31. The summed E-state index contributed by atoms with van der Waals surface area (Å²) in [5, 5.41) is 2.19. The fourth-order valence-corrected chi connectivity index (χ4v) is 2.39. The second-order valence-electron chi connectivity index (χ2n) is 4.24. The van der Waals surface area contributed by atoms with Crippen molar-refractivity contribution in [2.45, 2.75) is 12.8 Å². The number of carbonyl (C=O) groups is 1. The lowest BCUT2D eigenvalue weighted by Crippen LogP contribution is -2.10. The summed E-state index contributed by atoms with van der Waals surface area (Å²) in [6.07, 6.45) is 1.39. The number of hydrogen-bond donors (Lipinski definition) is 0. The third-order valence-corrected chi connectivity index (χ3v) is 3.24. The second-order valence-corrected chi connectivity index (χ2v) is 4.24. The van der Waals surface area contributed by atoms with Crippen molar-refractivity contribution >= 4 is 22.1 Å². The van der Waals surface area contributed by atoms with Gasteiger partial charge in [0.05, 0.1) is 0 Å². The van der Waals surface area contributed by atoms with Gasteiger partial charge in [0.2, 0.25) is 0 Å². The molecule has 0 heterocycles. The molecule has 2 aromatic carbocycles. The van der Waals surface area contributed by atoms with Gasteiger partial charge in [0, 0.05) is 12.0 Å². The lowest BCUT2D eigenvalue weighted by atomic mass is 9.84. The van der Waals surface area contributed by atoms with Gasteiger partial charge in [-0.15, -0.1) is 0 Å². The smallest absolute Gasteiger partial charge is 0.164 e. The highest BCUT2D eigenvalue weighted by Gasteiger charge is 2.21. The Morgan fingerprint density at radius 1 is 1.00 bits per heavy atom. The van der Waals surface area contributed by atoms with Crippen LogP contribution in [0, 0.1) is 0 Å². The largest absolute Gasteiger partial charge is 0.294 e. The van der Waals surface area contributed by atoms with Gasteiger partial charge in [0.25, 0.3) is 0 Å². The van der Waals surface area contributed by atoms with Crippen LogP contribution in [0.5, 0.6) is 0 Å². The highest BCUT2D eigenvalue weighted by atomic mass is 16.1. The van der Waals surface area contributed by atoms with Gasteiger partial charge in [-0.2, -0.15) is 0 Å². The van der Waals surface area contributed by atoms with Gasteiger partial charge in [-0.05, 0) is 28.3 Å². The van der Waals surface area contributed by atoms with Crippen molar-refractivity contribution < 1.29 is 4.79 Å². The first-order valence-electron chi connectivity index (χ1n) is 5.50. The predicted octanol–water partition coefficient (Wildman–Crippen LogP) is 3.83. The van der Waals surface area contributed by atoms with Gasteiger partial charge in [0.15, 0.2) is 5.78 Å². The number of Topliss-reactive ketones (excluding diaryl/α,β-unsaturated/α-hetero) is 1. The fourth-order valence-electron chi connectivity index (χ4n) is 2.39. The first-order valence-corrected chi connectivity index (χ1v) is 5.50. The van der Waals surface area contributed by atoms with Gasteiger partial charge >= 0.3 is 0 Å². The first kappa shape index (κ1) is 9.34. The van der Waals surface area contributed by atoms with Crippen molar-refractivity contribution in [1.29, 1.82) is 0 Å². The normalized spacial score (nSPS) is 15.2. The number of ketones is 1. The molecule has 0 aliphatic heterocycles. The predicted molar refractivity (Wildman–Crippen MR) is 66.5 cm³/mol. The fraction of sp³-hybridized carbons (Fsp3) is 0.133. The van der Waals surface area contributed by atoms with E-state index in [1.165, 1.54) is 0 Å². The molecule has 0 saturated carbocycles. The number of rotatable bonds is 0. The Labute approximate surface area is 94.4 Å². The molecule has 1 heteroatoms. The summed E-state index contributed by atoms with van der Waals surface area (Å²) in [6, 6.07) is 12.1. The van der Waals surface area contributed by atoms with Crippen LogP contribution in [-0.4, -0.2) is 5.78 Å². The maximum atomic E-state index is 12.0. The standard InChI is InChI=1S/C15H12O/c1-10-6-9-14(16)15-12(10)8-7-11-4-2-3-5-13(11)15/h2-5,7-8H,1,6,9H2. The molecule has 78 valence electrons. The molecule has 16 heavy (non-hydrogen) atoms.